The van der Waals surface area contributed by atoms with Crippen molar-refractivity contribution in [3.63, 3.8) is 0 Å². The maximum atomic E-state index is 12.3. The minimum Gasteiger partial charge on any atom is -0.352 e. The Labute approximate surface area is 131 Å². The molecule has 0 bridgehead atoms. The van der Waals surface area contributed by atoms with Crippen LogP contribution >= 0.6 is 11.6 Å². The predicted molar refractivity (Wildman–Crippen MR) is 85.9 cm³/mol. The van der Waals surface area contributed by atoms with Crippen molar-refractivity contribution in [2.24, 2.45) is 5.92 Å². The SMILES string of the molecule is CCN1CCC(CNC(=O)c2cc(Cl)nc(C(C)C)c2)C1. The Morgan fingerprint density at radius 2 is 2.29 bits per heavy atom. The largest absolute Gasteiger partial charge is 0.352 e. The van der Waals surface area contributed by atoms with Gasteiger partial charge in [0.25, 0.3) is 5.91 Å². The lowest BCUT2D eigenvalue weighted by Crippen LogP contribution is -2.31. The van der Waals surface area contributed by atoms with Gasteiger partial charge >= 0.3 is 0 Å². The summed E-state index contributed by atoms with van der Waals surface area (Å²) >= 11 is 6.01. The van der Waals surface area contributed by atoms with E-state index < -0.39 is 0 Å². The van der Waals surface area contributed by atoms with Crippen LogP contribution in [0, 0.1) is 5.92 Å². The number of carbonyl (C=O) groups excluding carboxylic acids is 1. The zero-order valence-corrected chi connectivity index (χ0v) is 13.8. The molecule has 2 rings (SSSR count). The van der Waals surface area contributed by atoms with Gasteiger partial charge in [0.2, 0.25) is 0 Å². The van der Waals surface area contributed by atoms with Crippen LogP contribution < -0.4 is 5.32 Å². The molecule has 0 radical (unpaired) electrons. The first-order valence-corrected chi connectivity index (χ1v) is 8.05. The van der Waals surface area contributed by atoms with Gasteiger partial charge in [-0.15, -0.1) is 0 Å². The highest BCUT2D eigenvalue weighted by Crippen LogP contribution is 2.18. The number of hydrogen-bond donors (Lipinski definition) is 1. The van der Waals surface area contributed by atoms with Gasteiger partial charge in [-0.1, -0.05) is 32.4 Å². The highest BCUT2D eigenvalue weighted by molar-refractivity contribution is 6.29. The molecule has 0 spiro atoms. The number of hydrogen-bond acceptors (Lipinski definition) is 3. The summed E-state index contributed by atoms with van der Waals surface area (Å²) in [5, 5.41) is 3.41. The van der Waals surface area contributed by atoms with Crippen molar-refractivity contribution >= 4 is 17.5 Å². The molecular formula is C16H24ClN3O. The Balaban J connectivity index is 1.94. The summed E-state index contributed by atoms with van der Waals surface area (Å²) in [5.74, 6) is 0.745. The Hall–Kier alpha value is -1.13. The van der Waals surface area contributed by atoms with Crippen LogP contribution in [0.3, 0.4) is 0 Å². The smallest absolute Gasteiger partial charge is 0.251 e. The summed E-state index contributed by atoms with van der Waals surface area (Å²) in [6.07, 6.45) is 1.16. The van der Waals surface area contributed by atoms with E-state index in [2.05, 4.69) is 22.1 Å². The van der Waals surface area contributed by atoms with E-state index in [-0.39, 0.29) is 11.8 Å². The van der Waals surface area contributed by atoms with Crippen molar-refractivity contribution in [2.75, 3.05) is 26.2 Å². The average molecular weight is 310 g/mol. The summed E-state index contributed by atoms with van der Waals surface area (Å²) in [6, 6.07) is 3.47. The number of nitrogens with one attached hydrogen (secondary N) is 1. The van der Waals surface area contributed by atoms with Gasteiger partial charge in [0.05, 0.1) is 0 Å². The molecule has 1 N–H and O–H groups in total. The molecule has 1 amide bonds. The molecule has 1 unspecified atom stereocenters. The maximum absolute atomic E-state index is 12.3. The molecule has 5 heteroatoms. The number of rotatable bonds is 5. The van der Waals surface area contributed by atoms with Gasteiger partial charge in [-0.05, 0) is 43.5 Å². The van der Waals surface area contributed by atoms with Gasteiger partial charge in [0.15, 0.2) is 0 Å². The fourth-order valence-electron chi connectivity index (χ4n) is 2.65. The molecule has 4 nitrogen and oxygen atoms in total. The molecule has 1 aliphatic heterocycles. The lowest BCUT2D eigenvalue weighted by molar-refractivity contribution is 0.0947. The van der Waals surface area contributed by atoms with Crippen LogP contribution in [0.25, 0.3) is 0 Å². The van der Waals surface area contributed by atoms with E-state index in [0.717, 1.165) is 38.3 Å². The Morgan fingerprint density at radius 3 is 2.90 bits per heavy atom. The zero-order valence-electron chi connectivity index (χ0n) is 13.0. The van der Waals surface area contributed by atoms with Crippen LogP contribution in [0.1, 0.15) is 49.2 Å². The van der Waals surface area contributed by atoms with Gasteiger partial charge < -0.3 is 10.2 Å². The first-order valence-electron chi connectivity index (χ1n) is 7.67. The molecule has 0 saturated carbocycles. The topological polar surface area (TPSA) is 45.2 Å². The van der Waals surface area contributed by atoms with Crippen molar-refractivity contribution in [3.05, 3.63) is 28.5 Å². The predicted octanol–water partition coefficient (Wildman–Crippen LogP) is 2.93. The molecule has 0 aromatic carbocycles. The molecule has 21 heavy (non-hydrogen) atoms. The van der Waals surface area contributed by atoms with E-state index in [1.807, 2.05) is 19.9 Å². The standard InChI is InChI=1S/C16H24ClN3O/c1-4-20-6-5-12(10-20)9-18-16(21)13-7-14(11(2)3)19-15(17)8-13/h7-8,11-12H,4-6,9-10H2,1-3H3,(H,18,21). The lowest BCUT2D eigenvalue weighted by Gasteiger charge is -2.14. The van der Waals surface area contributed by atoms with Crippen molar-refractivity contribution in [1.82, 2.24) is 15.2 Å². The fraction of sp³-hybridized carbons (Fsp3) is 0.625. The Kier molecular flexibility index (Phi) is 5.59. The van der Waals surface area contributed by atoms with Gasteiger partial charge in [-0.25, -0.2) is 4.98 Å². The Bertz CT molecular complexity index is 504. The van der Waals surface area contributed by atoms with Gasteiger partial charge in [0, 0.05) is 24.3 Å². The quantitative estimate of drug-likeness (QED) is 0.851. The molecule has 1 aromatic heterocycles. The fourth-order valence-corrected chi connectivity index (χ4v) is 2.86. The molecule has 1 aliphatic rings. The van der Waals surface area contributed by atoms with Crippen LogP contribution in [0.5, 0.6) is 0 Å². The van der Waals surface area contributed by atoms with Crippen LogP contribution in [-0.4, -0.2) is 42.0 Å². The van der Waals surface area contributed by atoms with E-state index in [0.29, 0.717) is 16.6 Å². The molecule has 1 saturated heterocycles. The third-order valence-electron chi connectivity index (χ3n) is 4.04. The molecule has 1 aromatic rings. The van der Waals surface area contributed by atoms with Crippen LogP contribution in [0.2, 0.25) is 5.15 Å². The summed E-state index contributed by atoms with van der Waals surface area (Å²) in [7, 11) is 0. The van der Waals surface area contributed by atoms with Gasteiger partial charge in [-0.2, -0.15) is 0 Å². The van der Waals surface area contributed by atoms with Gasteiger partial charge in [-0.3, -0.25) is 4.79 Å². The lowest BCUT2D eigenvalue weighted by atomic mass is 10.1. The van der Waals surface area contributed by atoms with Crippen LogP contribution in [0.15, 0.2) is 12.1 Å². The first-order chi connectivity index (χ1) is 9.99. The molecule has 2 heterocycles. The second-order valence-electron chi connectivity index (χ2n) is 6.02. The summed E-state index contributed by atoms with van der Waals surface area (Å²) < 4.78 is 0. The third-order valence-corrected chi connectivity index (χ3v) is 4.23. The zero-order chi connectivity index (χ0) is 15.4. The van der Waals surface area contributed by atoms with Crippen LogP contribution in [-0.2, 0) is 0 Å². The number of likely N-dealkylation sites (tertiary alicyclic amines) is 1. The normalized spacial score (nSPS) is 19.2. The van der Waals surface area contributed by atoms with E-state index >= 15 is 0 Å². The summed E-state index contributed by atoms with van der Waals surface area (Å²) in [5.41, 5.74) is 1.45. The number of aromatic nitrogens is 1. The van der Waals surface area contributed by atoms with Gasteiger partial charge in [0.1, 0.15) is 5.15 Å². The minimum atomic E-state index is -0.0591. The van der Waals surface area contributed by atoms with E-state index in [1.165, 1.54) is 0 Å². The number of carbonyl (C=O) groups is 1. The molecule has 1 atom stereocenters. The highest BCUT2D eigenvalue weighted by atomic mass is 35.5. The summed E-state index contributed by atoms with van der Waals surface area (Å²) in [4.78, 5) is 18.9. The number of halogens is 1. The second-order valence-corrected chi connectivity index (χ2v) is 6.40. The molecule has 1 fully saturated rings. The van der Waals surface area contributed by atoms with E-state index in [9.17, 15) is 4.79 Å². The highest BCUT2D eigenvalue weighted by Gasteiger charge is 2.21. The van der Waals surface area contributed by atoms with Crippen molar-refractivity contribution in [1.29, 1.82) is 0 Å². The van der Waals surface area contributed by atoms with Crippen molar-refractivity contribution in [3.8, 4) is 0 Å². The van der Waals surface area contributed by atoms with E-state index in [1.54, 1.807) is 6.07 Å². The third kappa shape index (κ3) is 4.42. The first kappa shape index (κ1) is 16.2. The number of nitrogens with zero attached hydrogens (tertiary/aromatic N) is 2. The minimum absolute atomic E-state index is 0.0591. The van der Waals surface area contributed by atoms with Crippen molar-refractivity contribution < 1.29 is 4.79 Å². The number of pyridine rings is 1. The second kappa shape index (κ2) is 7.23. The Morgan fingerprint density at radius 1 is 1.52 bits per heavy atom. The average Bonchev–Trinajstić information content (AvgIpc) is 2.92. The van der Waals surface area contributed by atoms with Crippen molar-refractivity contribution in [2.45, 2.75) is 33.1 Å². The monoisotopic (exact) mass is 309 g/mol. The molecule has 0 aliphatic carbocycles. The molecule has 116 valence electrons. The number of amides is 1. The van der Waals surface area contributed by atoms with Crippen LogP contribution in [0.4, 0.5) is 0 Å². The summed E-state index contributed by atoms with van der Waals surface area (Å²) in [6.45, 7) is 10.3. The maximum Gasteiger partial charge on any atom is 0.251 e. The van der Waals surface area contributed by atoms with E-state index in [4.69, 9.17) is 11.6 Å². The molecular weight excluding hydrogens is 286 g/mol.